The normalized spacial score (nSPS) is 11.4. The Morgan fingerprint density at radius 2 is 1.30 bits per heavy atom. The predicted octanol–water partition coefficient (Wildman–Crippen LogP) is 6.44. The zero-order chi connectivity index (χ0) is 26.4. The Morgan fingerprint density at radius 1 is 0.703 bits per heavy atom. The molecule has 0 spiro atoms. The molecule has 0 amide bonds. The molecule has 0 fully saturated rings. The number of nitro benzene ring substituents is 2. The van der Waals surface area contributed by atoms with Crippen LogP contribution in [0.4, 0.5) is 11.4 Å². The number of Topliss-reactive ketones (excluding diaryl/α,β-unsaturated/α-hetero) is 1. The highest BCUT2D eigenvalue weighted by Gasteiger charge is 2.28. The molecule has 10 heteroatoms. The fourth-order valence-corrected chi connectivity index (χ4v) is 4.54. The van der Waals surface area contributed by atoms with Crippen molar-refractivity contribution >= 4 is 34.9 Å². The zero-order valence-corrected chi connectivity index (χ0v) is 19.9. The van der Waals surface area contributed by atoms with E-state index in [2.05, 4.69) is 0 Å². The van der Waals surface area contributed by atoms with E-state index < -0.39 is 27.7 Å². The maximum Gasteiger partial charge on any atom is 0.340 e. The van der Waals surface area contributed by atoms with Crippen LogP contribution < -0.4 is 0 Å². The fraction of sp³-hybridized carbons (Fsp3) is 0.0370. The number of para-hydroxylation sites is 1. The molecule has 0 N–H and O–H groups in total. The largest absolute Gasteiger partial charge is 0.445 e. The van der Waals surface area contributed by atoms with Gasteiger partial charge in [-0.2, -0.15) is 0 Å². The average Bonchev–Trinajstić information content (AvgIpc) is 2.92. The number of nitro groups is 2. The van der Waals surface area contributed by atoms with Gasteiger partial charge in [0, 0.05) is 34.2 Å². The van der Waals surface area contributed by atoms with Crippen molar-refractivity contribution in [1.29, 1.82) is 0 Å². The highest BCUT2D eigenvalue weighted by molar-refractivity contribution is 7.99. The number of carbonyl (C=O) groups excluding carboxylic acids is 2. The lowest BCUT2D eigenvalue weighted by molar-refractivity contribution is -0.387. The molecule has 37 heavy (non-hydrogen) atoms. The first kappa shape index (κ1) is 25.3. The molecule has 0 saturated heterocycles. The summed E-state index contributed by atoms with van der Waals surface area (Å²) in [4.78, 5) is 48.8. The molecular weight excluding hydrogens is 496 g/mol. The quantitative estimate of drug-likeness (QED) is 0.108. The third kappa shape index (κ3) is 5.88. The first-order valence-electron chi connectivity index (χ1n) is 10.9. The third-order valence-corrected chi connectivity index (χ3v) is 6.46. The minimum absolute atomic E-state index is 0.110. The maximum absolute atomic E-state index is 13.3. The minimum Gasteiger partial charge on any atom is -0.445 e. The summed E-state index contributed by atoms with van der Waals surface area (Å²) < 4.78 is 5.69. The number of non-ortho nitro benzene ring substituents is 1. The van der Waals surface area contributed by atoms with Crippen LogP contribution in [0.15, 0.2) is 113 Å². The number of rotatable bonds is 9. The second kappa shape index (κ2) is 11.3. The van der Waals surface area contributed by atoms with Crippen molar-refractivity contribution in [3.8, 4) is 0 Å². The van der Waals surface area contributed by atoms with E-state index in [9.17, 15) is 29.8 Å². The van der Waals surface area contributed by atoms with Gasteiger partial charge in [-0.3, -0.25) is 25.0 Å². The summed E-state index contributed by atoms with van der Waals surface area (Å²) in [5, 5.41) is 22.5. The SMILES string of the molecule is O=C(O[C@@H](C(=O)c1ccccc1)c1ccc([N+](=O)[O-])cc1)c1ccccc1Sc1ccccc1[N+](=O)[O-]. The van der Waals surface area contributed by atoms with Crippen molar-refractivity contribution in [2.75, 3.05) is 0 Å². The first-order valence-corrected chi connectivity index (χ1v) is 11.7. The molecule has 4 rings (SSSR count). The predicted molar refractivity (Wildman–Crippen MR) is 136 cm³/mol. The third-order valence-electron chi connectivity index (χ3n) is 5.32. The van der Waals surface area contributed by atoms with Crippen LogP contribution in [-0.4, -0.2) is 21.6 Å². The van der Waals surface area contributed by atoms with Gasteiger partial charge in [-0.25, -0.2) is 4.79 Å². The lowest BCUT2D eigenvalue weighted by Gasteiger charge is -2.18. The van der Waals surface area contributed by atoms with E-state index in [-0.39, 0.29) is 22.5 Å². The van der Waals surface area contributed by atoms with E-state index in [1.807, 2.05) is 0 Å². The number of hydrogen-bond acceptors (Lipinski definition) is 8. The molecule has 9 nitrogen and oxygen atoms in total. The van der Waals surface area contributed by atoms with E-state index in [1.54, 1.807) is 66.7 Å². The van der Waals surface area contributed by atoms with Crippen LogP contribution in [0, 0.1) is 20.2 Å². The van der Waals surface area contributed by atoms with E-state index in [4.69, 9.17) is 4.74 Å². The van der Waals surface area contributed by atoms with Crippen molar-refractivity contribution in [3.63, 3.8) is 0 Å². The maximum atomic E-state index is 13.3. The first-order chi connectivity index (χ1) is 17.8. The number of benzene rings is 4. The highest BCUT2D eigenvalue weighted by atomic mass is 32.2. The monoisotopic (exact) mass is 514 g/mol. The second-order valence-electron chi connectivity index (χ2n) is 7.69. The van der Waals surface area contributed by atoms with Crippen LogP contribution in [0.5, 0.6) is 0 Å². The van der Waals surface area contributed by atoms with Gasteiger partial charge in [0.05, 0.1) is 20.3 Å². The average molecular weight is 515 g/mol. The van der Waals surface area contributed by atoms with Crippen LogP contribution >= 0.6 is 11.8 Å². The Balaban J connectivity index is 1.68. The number of esters is 1. The lowest BCUT2D eigenvalue weighted by atomic mass is 9.99. The molecule has 0 aromatic heterocycles. The smallest absolute Gasteiger partial charge is 0.340 e. The Morgan fingerprint density at radius 3 is 1.95 bits per heavy atom. The topological polar surface area (TPSA) is 130 Å². The van der Waals surface area contributed by atoms with Gasteiger partial charge in [-0.1, -0.05) is 66.4 Å². The summed E-state index contributed by atoms with van der Waals surface area (Å²) in [6.07, 6.45) is -1.38. The van der Waals surface area contributed by atoms with Gasteiger partial charge in [-0.05, 0) is 30.3 Å². The molecule has 0 radical (unpaired) electrons. The summed E-state index contributed by atoms with van der Waals surface area (Å²) in [6.45, 7) is 0. The van der Waals surface area contributed by atoms with E-state index in [0.29, 0.717) is 15.4 Å². The van der Waals surface area contributed by atoms with Crippen molar-refractivity contribution in [2.24, 2.45) is 0 Å². The van der Waals surface area contributed by atoms with Gasteiger partial charge in [0.2, 0.25) is 5.78 Å². The van der Waals surface area contributed by atoms with Crippen molar-refractivity contribution < 1.29 is 24.2 Å². The van der Waals surface area contributed by atoms with E-state index >= 15 is 0 Å². The van der Waals surface area contributed by atoms with Crippen molar-refractivity contribution in [2.45, 2.75) is 15.9 Å². The van der Waals surface area contributed by atoms with Gasteiger partial charge in [-0.15, -0.1) is 0 Å². The van der Waals surface area contributed by atoms with Crippen LogP contribution in [0.1, 0.15) is 32.4 Å². The van der Waals surface area contributed by atoms with E-state index in [1.165, 1.54) is 36.4 Å². The van der Waals surface area contributed by atoms with Gasteiger partial charge in [0.15, 0.2) is 6.10 Å². The van der Waals surface area contributed by atoms with Crippen molar-refractivity contribution in [1.82, 2.24) is 0 Å². The molecule has 0 saturated carbocycles. The van der Waals surface area contributed by atoms with E-state index in [0.717, 1.165) is 11.8 Å². The number of ketones is 1. The summed E-state index contributed by atoms with van der Waals surface area (Å²) in [6, 6.07) is 26.0. The van der Waals surface area contributed by atoms with Gasteiger partial charge < -0.3 is 4.74 Å². The van der Waals surface area contributed by atoms with Crippen molar-refractivity contribution in [3.05, 3.63) is 140 Å². The Kier molecular flexibility index (Phi) is 7.70. The number of carbonyl (C=O) groups is 2. The van der Waals surface area contributed by atoms with Crippen LogP contribution in [-0.2, 0) is 4.74 Å². The molecule has 4 aromatic rings. The van der Waals surface area contributed by atoms with Gasteiger partial charge >= 0.3 is 5.97 Å². The number of ether oxygens (including phenoxy) is 1. The molecule has 0 aliphatic rings. The number of hydrogen-bond donors (Lipinski definition) is 0. The molecule has 0 aliphatic carbocycles. The molecule has 1 atom stereocenters. The van der Waals surface area contributed by atoms with Gasteiger partial charge in [0.1, 0.15) is 0 Å². The molecule has 4 aromatic carbocycles. The highest BCUT2D eigenvalue weighted by Crippen LogP contribution is 2.37. The Labute approximate surface area is 215 Å². The Hall–Kier alpha value is -4.83. The van der Waals surface area contributed by atoms with Crippen LogP contribution in [0.25, 0.3) is 0 Å². The second-order valence-corrected chi connectivity index (χ2v) is 8.77. The molecular formula is C27H18N2O7S. The molecule has 184 valence electrons. The molecule has 0 bridgehead atoms. The summed E-state index contributed by atoms with van der Waals surface area (Å²) in [5.74, 6) is -1.33. The minimum atomic E-state index is -1.38. The molecule has 0 unspecified atom stereocenters. The molecule has 0 aliphatic heterocycles. The summed E-state index contributed by atoms with van der Waals surface area (Å²) in [5.41, 5.74) is 0.377. The van der Waals surface area contributed by atoms with Crippen LogP contribution in [0.2, 0.25) is 0 Å². The standard InChI is InChI=1S/C27H18N2O7S/c30-25(18-8-2-1-3-9-18)26(19-14-16-20(17-15-19)28(32)33)36-27(31)21-10-4-6-12-23(21)37-24-13-7-5-11-22(24)29(34)35/h1-17,26H/t26-/m1/s1. The fourth-order valence-electron chi connectivity index (χ4n) is 3.51. The zero-order valence-electron chi connectivity index (χ0n) is 19.1. The number of nitrogens with zero attached hydrogens (tertiary/aromatic N) is 2. The lowest BCUT2D eigenvalue weighted by Crippen LogP contribution is -2.20. The van der Waals surface area contributed by atoms with Crippen LogP contribution in [0.3, 0.4) is 0 Å². The molecule has 0 heterocycles. The van der Waals surface area contributed by atoms with Gasteiger partial charge in [0.25, 0.3) is 11.4 Å². The Bertz CT molecular complexity index is 1470. The summed E-state index contributed by atoms with van der Waals surface area (Å²) >= 11 is 1.03. The summed E-state index contributed by atoms with van der Waals surface area (Å²) in [7, 11) is 0.